The average molecular weight is 482 g/mol. The number of aromatic nitrogens is 4. The molecule has 1 amide bonds. The standard InChI is InChI=1S/C24H27N5O2S2/c1-15(2)22-26-27-24(28(22)12-20-7-6-10-31-20)33-14-19-13-32-23(25-19)29(18(5)30)21-9-8-16(3)11-17(21)4/h6-11,13,15H,12,14H2,1-5H3. The number of hydrogen-bond donors (Lipinski definition) is 0. The molecule has 0 N–H and O–H groups in total. The van der Waals surface area contributed by atoms with Crippen LogP contribution in [0.4, 0.5) is 10.8 Å². The van der Waals surface area contributed by atoms with Gasteiger partial charge in [0, 0.05) is 24.0 Å². The van der Waals surface area contributed by atoms with Crippen molar-refractivity contribution in [1.82, 2.24) is 19.7 Å². The maximum atomic E-state index is 12.5. The summed E-state index contributed by atoms with van der Waals surface area (Å²) in [5.41, 5.74) is 3.97. The third-order valence-electron chi connectivity index (χ3n) is 5.14. The van der Waals surface area contributed by atoms with Crippen molar-refractivity contribution >= 4 is 39.8 Å². The topological polar surface area (TPSA) is 77.1 Å². The van der Waals surface area contributed by atoms with Crippen LogP contribution in [0.3, 0.4) is 0 Å². The Bertz CT molecular complexity index is 1240. The van der Waals surface area contributed by atoms with E-state index in [0.717, 1.165) is 39.2 Å². The molecule has 7 nitrogen and oxygen atoms in total. The third kappa shape index (κ3) is 5.20. The summed E-state index contributed by atoms with van der Waals surface area (Å²) in [4.78, 5) is 18.9. The quantitative estimate of drug-likeness (QED) is 0.283. The van der Waals surface area contributed by atoms with Gasteiger partial charge in [0.2, 0.25) is 5.91 Å². The molecule has 4 rings (SSSR count). The Morgan fingerprint density at radius 1 is 1.24 bits per heavy atom. The lowest BCUT2D eigenvalue weighted by atomic mass is 10.1. The minimum Gasteiger partial charge on any atom is -0.467 e. The Kier molecular flexibility index (Phi) is 6.99. The number of amides is 1. The molecular formula is C24H27N5O2S2. The van der Waals surface area contributed by atoms with Crippen LogP contribution in [0, 0.1) is 13.8 Å². The Morgan fingerprint density at radius 3 is 2.73 bits per heavy atom. The van der Waals surface area contributed by atoms with E-state index in [-0.39, 0.29) is 11.8 Å². The largest absolute Gasteiger partial charge is 0.467 e. The summed E-state index contributed by atoms with van der Waals surface area (Å²) in [6, 6.07) is 9.91. The Labute approximate surface area is 201 Å². The van der Waals surface area contributed by atoms with Crippen molar-refractivity contribution in [3.05, 3.63) is 70.4 Å². The van der Waals surface area contributed by atoms with Gasteiger partial charge in [0.05, 0.1) is 24.2 Å². The molecule has 1 aromatic carbocycles. The summed E-state index contributed by atoms with van der Waals surface area (Å²) in [5.74, 6) is 2.60. The third-order valence-corrected chi connectivity index (χ3v) is 7.02. The summed E-state index contributed by atoms with van der Waals surface area (Å²) in [6.07, 6.45) is 1.68. The van der Waals surface area contributed by atoms with Gasteiger partial charge in [0.25, 0.3) is 0 Å². The molecule has 0 unspecified atom stereocenters. The van der Waals surface area contributed by atoms with Gasteiger partial charge in [-0.25, -0.2) is 4.98 Å². The zero-order valence-corrected chi connectivity index (χ0v) is 21.0. The first-order valence-electron chi connectivity index (χ1n) is 10.7. The average Bonchev–Trinajstić information content (AvgIpc) is 3.50. The smallest absolute Gasteiger partial charge is 0.230 e. The van der Waals surface area contributed by atoms with E-state index in [1.165, 1.54) is 11.3 Å². The summed E-state index contributed by atoms with van der Waals surface area (Å²) in [5, 5.41) is 12.3. The highest BCUT2D eigenvalue weighted by atomic mass is 32.2. The maximum absolute atomic E-state index is 12.5. The van der Waals surface area contributed by atoms with Gasteiger partial charge in [-0.1, -0.05) is 43.3 Å². The lowest BCUT2D eigenvalue weighted by molar-refractivity contribution is -0.115. The first-order chi connectivity index (χ1) is 15.8. The van der Waals surface area contributed by atoms with Gasteiger partial charge in [0.15, 0.2) is 10.3 Å². The van der Waals surface area contributed by atoms with Crippen molar-refractivity contribution in [2.24, 2.45) is 0 Å². The van der Waals surface area contributed by atoms with E-state index in [0.29, 0.717) is 17.4 Å². The lowest BCUT2D eigenvalue weighted by Gasteiger charge is -2.20. The SMILES string of the molecule is CC(=O)N(c1nc(CSc2nnc(C(C)C)n2Cc2ccco2)cs1)c1ccc(C)cc1C. The molecule has 0 spiro atoms. The minimum atomic E-state index is -0.0599. The summed E-state index contributed by atoms with van der Waals surface area (Å²) < 4.78 is 7.63. The highest BCUT2D eigenvalue weighted by molar-refractivity contribution is 7.98. The predicted octanol–water partition coefficient (Wildman–Crippen LogP) is 6.09. The van der Waals surface area contributed by atoms with Crippen molar-refractivity contribution < 1.29 is 9.21 Å². The number of aryl methyl sites for hydroxylation is 2. The molecule has 3 heterocycles. The predicted molar refractivity (Wildman–Crippen MR) is 132 cm³/mol. The monoisotopic (exact) mass is 481 g/mol. The molecule has 0 aliphatic carbocycles. The van der Waals surface area contributed by atoms with Crippen LogP contribution in [0.2, 0.25) is 0 Å². The molecule has 4 aromatic rings. The number of carbonyl (C=O) groups is 1. The number of rotatable bonds is 8. The summed E-state index contributed by atoms with van der Waals surface area (Å²) in [6.45, 7) is 10.4. The summed E-state index contributed by atoms with van der Waals surface area (Å²) >= 11 is 3.05. The van der Waals surface area contributed by atoms with E-state index in [1.54, 1.807) is 29.8 Å². The fourth-order valence-corrected chi connectivity index (χ4v) is 5.43. The fraction of sp³-hybridized carbons (Fsp3) is 0.333. The van der Waals surface area contributed by atoms with Gasteiger partial charge < -0.3 is 4.42 Å². The van der Waals surface area contributed by atoms with Gasteiger partial charge in [-0.15, -0.1) is 21.5 Å². The van der Waals surface area contributed by atoms with Crippen molar-refractivity contribution in [1.29, 1.82) is 0 Å². The molecule has 9 heteroatoms. The molecule has 3 aromatic heterocycles. The molecule has 0 saturated heterocycles. The van der Waals surface area contributed by atoms with Gasteiger partial charge in [-0.2, -0.15) is 0 Å². The molecule has 0 radical (unpaired) electrons. The second-order valence-corrected chi connectivity index (χ2v) is 9.99. The van der Waals surface area contributed by atoms with E-state index < -0.39 is 0 Å². The first-order valence-corrected chi connectivity index (χ1v) is 12.6. The maximum Gasteiger partial charge on any atom is 0.230 e. The zero-order valence-electron chi connectivity index (χ0n) is 19.4. The van der Waals surface area contributed by atoms with Crippen LogP contribution >= 0.6 is 23.1 Å². The Morgan fingerprint density at radius 2 is 2.06 bits per heavy atom. The van der Waals surface area contributed by atoms with Gasteiger partial charge >= 0.3 is 0 Å². The Balaban J connectivity index is 1.54. The second kappa shape index (κ2) is 9.93. The van der Waals surface area contributed by atoms with Gasteiger partial charge in [-0.3, -0.25) is 14.3 Å². The van der Waals surface area contributed by atoms with Crippen LogP contribution in [0.25, 0.3) is 0 Å². The van der Waals surface area contributed by atoms with E-state index in [4.69, 9.17) is 9.40 Å². The van der Waals surface area contributed by atoms with Crippen molar-refractivity contribution in [2.45, 2.75) is 58.0 Å². The second-order valence-electron chi connectivity index (χ2n) is 8.22. The highest BCUT2D eigenvalue weighted by Gasteiger charge is 2.21. The number of furan rings is 1. The molecule has 0 atom stereocenters. The van der Waals surface area contributed by atoms with Crippen LogP contribution < -0.4 is 4.90 Å². The van der Waals surface area contributed by atoms with E-state index in [2.05, 4.69) is 34.7 Å². The zero-order chi connectivity index (χ0) is 23.5. The van der Waals surface area contributed by atoms with E-state index >= 15 is 0 Å². The van der Waals surface area contributed by atoms with E-state index in [1.807, 2.05) is 43.5 Å². The molecule has 0 saturated carbocycles. The molecule has 0 aliphatic heterocycles. The van der Waals surface area contributed by atoms with Gasteiger partial charge in [0.1, 0.15) is 11.6 Å². The molecule has 0 fully saturated rings. The van der Waals surface area contributed by atoms with Crippen LogP contribution in [-0.2, 0) is 17.1 Å². The Hall–Kier alpha value is -2.91. The number of carbonyl (C=O) groups excluding carboxylic acids is 1. The number of anilines is 2. The highest BCUT2D eigenvalue weighted by Crippen LogP contribution is 2.33. The first kappa shape index (κ1) is 23.3. The van der Waals surface area contributed by atoms with Crippen LogP contribution in [0.1, 0.15) is 55.1 Å². The molecule has 172 valence electrons. The molecule has 0 bridgehead atoms. The normalized spacial score (nSPS) is 11.3. The van der Waals surface area contributed by atoms with Crippen molar-refractivity contribution in [3.8, 4) is 0 Å². The number of benzene rings is 1. The lowest BCUT2D eigenvalue weighted by Crippen LogP contribution is -2.23. The number of thiazole rings is 1. The van der Waals surface area contributed by atoms with Crippen molar-refractivity contribution in [2.75, 3.05) is 4.90 Å². The molecule has 0 aliphatic rings. The van der Waals surface area contributed by atoms with Crippen LogP contribution in [-0.4, -0.2) is 25.7 Å². The molecule has 33 heavy (non-hydrogen) atoms. The number of thioether (sulfide) groups is 1. The molecular weight excluding hydrogens is 454 g/mol. The van der Waals surface area contributed by atoms with E-state index in [9.17, 15) is 4.79 Å². The van der Waals surface area contributed by atoms with Crippen LogP contribution in [0.15, 0.2) is 51.5 Å². The minimum absolute atomic E-state index is 0.0599. The summed E-state index contributed by atoms with van der Waals surface area (Å²) in [7, 11) is 0. The van der Waals surface area contributed by atoms with Gasteiger partial charge in [-0.05, 0) is 37.6 Å². The van der Waals surface area contributed by atoms with Crippen molar-refractivity contribution in [3.63, 3.8) is 0 Å². The number of hydrogen-bond acceptors (Lipinski definition) is 7. The number of nitrogens with zero attached hydrogens (tertiary/aromatic N) is 5. The van der Waals surface area contributed by atoms with Crippen LogP contribution in [0.5, 0.6) is 0 Å². The fourth-order valence-electron chi connectivity index (χ4n) is 3.61.